The number of hydrogen-bond donors (Lipinski definition) is 1. The highest BCUT2D eigenvalue weighted by molar-refractivity contribution is 6.23. The summed E-state index contributed by atoms with van der Waals surface area (Å²) in [7, 11) is 1.48. The fraction of sp³-hybridized carbons (Fsp3) is 0.0667. The number of rotatable bonds is 5. The molecule has 0 aliphatic carbocycles. The van der Waals surface area contributed by atoms with Crippen molar-refractivity contribution in [1.29, 1.82) is 0 Å². The predicted octanol–water partition coefficient (Wildman–Crippen LogP) is 2.09. The van der Waals surface area contributed by atoms with E-state index in [2.05, 4.69) is 20.1 Å². The number of amidine groups is 1. The summed E-state index contributed by atoms with van der Waals surface area (Å²) in [6, 6.07) is 6.27. The molecule has 0 radical (unpaired) electrons. The topological polar surface area (TPSA) is 120 Å². The first-order valence-corrected chi connectivity index (χ1v) is 6.47. The van der Waals surface area contributed by atoms with Gasteiger partial charge in [-0.05, 0) is 28.9 Å². The fourth-order valence-corrected chi connectivity index (χ4v) is 1.76. The summed E-state index contributed by atoms with van der Waals surface area (Å²) in [6.07, 6.45) is 4.73. The van der Waals surface area contributed by atoms with E-state index in [1.54, 1.807) is 12.1 Å². The number of aldehydes is 1. The van der Waals surface area contributed by atoms with Gasteiger partial charge < -0.3 is 10.5 Å². The second-order valence-corrected chi connectivity index (χ2v) is 4.26. The summed E-state index contributed by atoms with van der Waals surface area (Å²) in [5, 5.41) is 2.91. The molecule has 2 rings (SSSR count). The molecule has 0 amide bonds. The van der Waals surface area contributed by atoms with Crippen molar-refractivity contribution in [1.82, 2.24) is 9.97 Å². The van der Waals surface area contributed by atoms with E-state index in [0.29, 0.717) is 28.9 Å². The van der Waals surface area contributed by atoms with E-state index < -0.39 is 0 Å². The van der Waals surface area contributed by atoms with Crippen molar-refractivity contribution >= 4 is 23.5 Å². The Morgan fingerprint density at radius 1 is 1.30 bits per heavy atom. The van der Waals surface area contributed by atoms with Crippen LogP contribution in [0.4, 0.5) is 5.82 Å². The minimum Gasteiger partial charge on any atom is -0.481 e. The van der Waals surface area contributed by atoms with Gasteiger partial charge in [-0.1, -0.05) is 0 Å². The third-order valence-electron chi connectivity index (χ3n) is 2.88. The van der Waals surface area contributed by atoms with Crippen LogP contribution in [0.15, 0.2) is 53.0 Å². The maximum Gasteiger partial charge on any atom is 0.213 e. The number of carbonyl (C=O) groups excluding carboxylic acids is 1. The first kappa shape index (κ1) is 16.0. The third kappa shape index (κ3) is 3.82. The van der Waals surface area contributed by atoms with Gasteiger partial charge in [0.15, 0.2) is 12.1 Å². The van der Waals surface area contributed by atoms with Gasteiger partial charge in [-0.15, -0.1) is 4.91 Å². The van der Waals surface area contributed by atoms with Gasteiger partial charge in [0.25, 0.3) is 0 Å². The maximum absolute atomic E-state index is 11.2. The molecule has 116 valence electrons. The highest BCUT2D eigenvalue weighted by Gasteiger charge is 2.12. The van der Waals surface area contributed by atoms with Gasteiger partial charge in [0.1, 0.15) is 0 Å². The van der Waals surface area contributed by atoms with Crippen molar-refractivity contribution in [2.75, 3.05) is 7.11 Å². The van der Waals surface area contributed by atoms with Crippen LogP contribution >= 0.6 is 0 Å². The molecule has 8 nitrogen and oxygen atoms in total. The van der Waals surface area contributed by atoms with Crippen molar-refractivity contribution < 1.29 is 9.53 Å². The van der Waals surface area contributed by atoms with Crippen molar-refractivity contribution in [2.24, 2.45) is 15.9 Å². The number of nitrogens with zero attached hydrogens (tertiary/aromatic N) is 4. The van der Waals surface area contributed by atoms with Gasteiger partial charge in [0.05, 0.1) is 7.11 Å². The minimum atomic E-state index is -0.146. The van der Waals surface area contributed by atoms with Crippen LogP contribution in [-0.4, -0.2) is 29.2 Å². The monoisotopic (exact) mass is 311 g/mol. The van der Waals surface area contributed by atoms with E-state index in [0.717, 1.165) is 0 Å². The summed E-state index contributed by atoms with van der Waals surface area (Å²) < 4.78 is 5.03. The van der Waals surface area contributed by atoms with Crippen LogP contribution in [0.2, 0.25) is 0 Å². The number of methoxy groups -OCH3 is 1. The van der Waals surface area contributed by atoms with Crippen molar-refractivity contribution in [3.05, 3.63) is 58.9 Å². The zero-order valence-corrected chi connectivity index (χ0v) is 12.2. The van der Waals surface area contributed by atoms with Crippen LogP contribution < -0.4 is 10.5 Å². The number of hydrogen-bond acceptors (Lipinski definition) is 7. The van der Waals surface area contributed by atoms with E-state index >= 15 is 0 Å². The predicted molar refractivity (Wildman–Crippen MR) is 85.5 cm³/mol. The lowest BCUT2D eigenvalue weighted by atomic mass is 10.1. The Bertz CT molecular complexity index is 769. The molecule has 2 N–H and O–H groups in total. The summed E-state index contributed by atoms with van der Waals surface area (Å²) in [6.45, 7) is 0. The van der Waals surface area contributed by atoms with Crippen molar-refractivity contribution in [2.45, 2.75) is 0 Å². The van der Waals surface area contributed by atoms with Crippen LogP contribution in [0.5, 0.6) is 5.88 Å². The Morgan fingerprint density at radius 2 is 2.13 bits per heavy atom. The number of carbonyl (C=O) groups is 1. The molecular weight excluding hydrogens is 298 g/mol. The molecule has 0 aromatic carbocycles. The molecule has 23 heavy (non-hydrogen) atoms. The van der Waals surface area contributed by atoms with Crippen LogP contribution in [-0.2, 0) is 0 Å². The summed E-state index contributed by atoms with van der Waals surface area (Å²) in [4.78, 5) is 33.8. The Labute approximate surface area is 131 Å². The molecule has 0 saturated heterocycles. The molecule has 2 aromatic heterocycles. The summed E-state index contributed by atoms with van der Waals surface area (Å²) in [5.41, 5.74) is 6.88. The molecule has 0 fully saturated rings. The lowest BCUT2D eigenvalue weighted by molar-refractivity contribution is 0.112. The van der Waals surface area contributed by atoms with Gasteiger partial charge in [0, 0.05) is 35.8 Å². The van der Waals surface area contributed by atoms with Crippen LogP contribution in [0.3, 0.4) is 0 Å². The van der Waals surface area contributed by atoms with Crippen LogP contribution in [0.1, 0.15) is 15.9 Å². The molecule has 0 bridgehead atoms. The first-order chi connectivity index (χ1) is 11.2. The molecule has 2 aromatic rings. The number of nitrogens with two attached hydrogens (primary N) is 1. The van der Waals surface area contributed by atoms with Gasteiger partial charge >= 0.3 is 0 Å². The van der Waals surface area contributed by atoms with Crippen LogP contribution in [0, 0.1) is 4.91 Å². The maximum atomic E-state index is 11.2. The molecule has 0 aliphatic rings. The van der Waals surface area contributed by atoms with E-state index in [1.807, 2.05) is 0 Å². The zero-order valence-electron chi connectivity index (χ0n) is 12.2. The average Bonchev–Trinajstić information content (AvgIpc) is 2.62. The zero-order chi connectivity index (χ0) is 16.7. The quantitative estimate of drug-likeness (QED) is 0.391. The normalized spacial score (nSPS) is 11.9. The second-order valence-electron chi connectivity index (χ2n) is 4.26. The van der Waals surface area contributed by atoms with Crippen molar-refractivity contribution in [3.8, 4) is 5.88 Å². The molecule has 0 saturated carbocycles. The number of aliphatic imine (C=N–C) groups is 1. The summed E-state index contributed by atoms with van der Waals surface area (Å²) >= 11 is 0. The SMILES string of the molecule is COc1cc(C(=CN)C(N=O)=Nc2ccc(C=O)cn2)ccn1. The average molecular weight is 311 g/mol. The third-order valence-corrected chi connectivity index (χ3v) is 2.88. The van der Waals surface area contributed by atoms with E-state index in [-0.39, 0.29) is 11.7 Å². The Hall–Kier alpha value is -3.42. The number of nitroso groups, excluding NO2 is 1. The fourth-order valence-electron chi connectivity index (χ4n) is 1.76. The number of aromatic nitrogens is 2. The van der Waals surface area contributed by atoms with Crippen molar-refractivity contribution in [3.63, 3.8) is 0 Å². The van der Waals surface area contributed by atoms with Gasteiger partial charge in [-0.2, -0.15) is 0 Å². The molecule has 8 heteroatoms. The molecule has 0 spiro atoms. The highest BCUT2D eigenvalue weighted by atomic mass is 16.5. The lowest BCUT2D eigenvalue weighted by Crippen LogP contribution is -2.02. The van der Waals surface area contributed by atoms with E-state index in [4.69, 9.17) is 10.5 Å². The Balaban J connectivity index is 2.41. The lowest BCUT2D eigenvalue weighted by Gasteiger charge is -2.06. The minimum absolute atomic E-state index is 0.146. The Morgan fingerprint density at radius 3 is 2.70 bits per heavy atom. The van der Waals surface area contributed by atoms with Crippen LogP contribution in [0.25, 0.3) is 5.57 Å². The molecule has 0 unspecified atom stereocenters. The first-order valence-electron chi connectivity index (χ1n) is 6.47. The number of ether oxygens (including phenoxy) is 1. The van der Waals surface area contributed by atoms with E-state index in [9.17, 15) is 9.70 Å². The molecule has 2 heterocycles. The Kier molecular flexibility index (Phi) is 5.24. The summed E-state index contributed by atoms with van der Waals surface area (Å²) in [5.74, 6) is 0.443. The second kappa shape index (κ2) is 7.55. The smallest absolute Gasteiger partial charge is 0.213 e. The highest BCUT2D eigenvalue weighted by Crippen LogP contribution is 2.21. The molecular formula is C15H13N5O3. The van der Waals surface area contributed by atoms with Gasteiger partial charge in [-0.3, -0.25) is 4.79 Å². The van der Waals surface area contributed by atoms with Gasteiger partial charge in [-0.25, -0.2) is 15.0 Å². The standard InChI is InChI=1S/C15H13N5O3/c1-23-14-6-11(4-5-17-14)12(7-16)15(20-22)19-13-3-2-10(9-21)8-18-13/h2-9H,16H2,1H3. The molecule has 0 atom stereocenters. The number of pyridine rings is 2. The molecule has 0 aliphatic heterocycles. The van der Waals surface area contributed by atoms with Gasteiger partial charge in [0.2, 0.25) is 11.7 Å². The largest absolute Gasteiger partial charge is 0.481 e. The van der Waals surface area contributed by atoms with E-state index in [1.165, 1.54) is 37.8 Å².